The molecule has 1 aliphatic rings. The molecule has 0 saturated carbocycles. The molecule has 0 N–H and O–H groups in total. The van der Waals surface area contributed by atoms with E-state index in [1.54, 1.807) is 11.8 Å². The minimum Gasteiger partial charge on any atom is -0.353 e. The Kier molecular flexibility index (Phi) is 2.54. The van der Waals surface area contributed by atoms with Gasteiger partial charge in [-0.05, 0) is 0 Å². The minimum absolute atomic E-state index is 0.909. The molecule has 1 fully saturated rings. The highest BCUT2D eigenvalue weighted by atomic mass is 32.2. The van der Waals surface area contributed by atoms with Crippen molar-refractivity contribution in [2.24, 2.45) is 0 Å². The van der Waals surface area contributed by atoms with Gasteiger partial charge in [0.15, 0.2) is 0 Å². The maximum Gasteiger partial charge on any atom is 0.136 e. The highest BCUT2D eigenvalue weighted by Crippen LogP contribution is 2.16. The average molecular weight is 159 g/mol. The maximum atomic E-state index is 5.05. The van der Waals surface area contributed by atoms with Crippen molar-refractivity contribution in [3.05, 3.63) is 12.7 Å². The van der Waals surface area contributed by atoms with Crippen LogP contribution in [0.25, 0.3) is 0 Å². The lowest BCUT2D eigenvalue weighted by atomic mass is 10.5. The third kappa shape index (κ3) is 1.69. The fraction of sp³-hybridized carbons (Fsp3) is 0.500. The lowest BCUT2D eigenvalue weighted by Crippen LogP contribution is -2.22. The van der Waals surface area contributed by atoms with Gasteiger partial charge in [0.1, 0.15) is 4.32 Å². The summed E-state index contributed by atoms with van der Waals surface area (Å²) in [6.07, 6.45) is 1.89. The molecule has 0 radical (unpaired) electrons. The molecular weight excluding hydrogens is 150 g/mol. The van der Waals surface area contributed by atoms with Gasteiger partial charge in [0, 0.05) is 18.8 Å². The van der Waals surface area contributed by atoms with Crippen molar-refractivity contribution in [2.45, 2.75) is 0 Å². The van der Waals surface area contributed by atoms with Crippen molar-refractivity contribution in [2.75, 3.05) is 18.8 Å². The number of thiocarbonyl (C=S) groups is 1. The van der Waals surface area contributed by atoms with Gasteiger partial charge < -0.3 is 4.90 Å². The van der Waals surface area contributed by atoms with Gasteiger partial charge in [-0.2, -0.15) is 0 Å². The maximum absolute atomic E-state index is 5.05. The van der Waals surface area contributed by atoms with E-state index in [0.29, 0.717) is 0 Å². The molecule has 9 heavy (non-hydrogen) atoms. The van der Waals surface area contributed by atoms with E-state index in [4.69, 9.17) is 12.2 Å². The summed E-state index contributed by atoms with van der Waals surface area (Å²) >= 11 is 6.80. The molecule has 0 aromatic carbocycles. The van der Waals surface area contributed by atoms with Crippen LogP contribution in [-0.4, -0.2) is 28.1 Å². The number of hydrogen-bond donors (Lipinski definition) is 0. The molecule has 1 rings (SSSR count). The zero-order valence-electron chi connectivity index (χ0n) is 5.17. The Balaban J connectivity index is 2.39. The van der Waals surface area contributed by atoms with Gasteiger partial charge in [-0.15, -0.1) is 6.58 Å². The molecule has 50 valence electrons. The average Bonchev–Trinajstić information content (AvgIpc) is 2.18. The second-order valence-electron chi connectivity index (χ2n) is 1.85. The van der Waals surface area contributed by atoms with Crippen LogP contribution in [0, 0.1) is 0 Å². The largest absolute Gasteiger partial charge is 0.353 e. The Morgan fingerprint density at radius 2 is 2.67 bits per heavy atom. The van der Waals surface area contributed by atoms with Crippen molar-refractivity contribution in [3.63, 3.8) is 0 Å². The van der Waals surface area contributed by atoms with Crippen LogP contribution in [-0.2, 0) is 0 Å². The summed E-state index contributed by atoms with van der Waals surface area (Å²) in [6, 6.07) is 0. The van der Waals surface area contributed by atoms with Crippen molar-refractivity contribution < 1.29 is 0 Å². The smallest absolute Gasteiger partial charge is 0.136 e. The summed E-state index contributed by atoms with van der Waals surface area (Å²) in [5, 5.41) is 0. The quantitative estimate of drug-likeness (QED) is 0.444. The van der Waals surface area contributed by atoms with Crippen molar-refractivity contribution >= 4 is 28.3 Å². The molecule has 0 unspecified atom stereocenters. The Morgan fingerprint density at radius 3 is 3.11 bits per heavy atom. The van der Waals surface area contributed by atoms with Gasteiger partial charge in [-0.3, -0.25) is 0 Å². The van der Waals surface area contributed by atoms with E-state index >= 15 is 0 Å². The zero-order valence-corrected chi connectivity index (χ0v) is 6.80. The molecule has 0 bridgehead atoms. The first-order chi connectivity index (χ1) is 4.34. The highest BCUT2D eigenvalue weighted by Gasteiger charge is 2.14. The van der Waals surface area contributed by atoms with E-state index in [1.807, 2.05) is 6.08 Å². The molecule has 0 amide bonds. The molecule has 0 aromatic rings. The van der Waals surface area contributed by atoms with E-state index in [0.717, 1.165) is 23.2 Å². The molecule has 0 aromatic heterocycles. The van der Waals surface area contributed by atoms with Gasteiger partial charge in [-0.25, -0.2) is 0 Å². The summed E-state index contributed by atoms with van der Waals surface area (Å²) in [7, 11) is 0. The van der Waals surface area contributed by atoms with Crippen LogP contribution in [0.5, 0.6) is 0 Å². The molecule has 1 heterocycles. The predicted molar refractivity (Wildman–Crippen MR) is 46.8 cm³/mol. The van der Waals surface area contributed by atoms with Crippen molar-refractivity contribution in [1.82, 2.24) is 4.90 Å². The molecule has 0 aliphatic carbocycles. The standard InChI is InChI=1S/C6H9NS2/c1-2-3-7-4-5-9-6(7)8/h2H,1,3-5H2. The van der Waals surface area contributed by atoms with Crippen LogP contribution in [0.4, 0.5) is 0 Å². The molecule has 1 aliphatic heterocycles. The number of nitrogens with zero attached hydrogens (tertiary/aromatic N) is 1. The van der Waals surface area contributed by atoms with E-state index in [-0.39, 0.29) is 0 Å². The Labute approximate surface area is 65.1 Å². The Morgan fingerprint density at radius 1 is 1.89 bits per heavy atom. The molecule has 3 heteroatoms. The number of hydrogen-bond acceptors (Lipinski definition) is 2. The fourth-order valence-corrected chi connectivity index (χ4v) is 2.00. The first-order valence-corrected chi connectivity index (χ1v) is 4.26. The summed E-state index contributed by atoms with van der Waals surface area (Å²) in [4.78, 5) is 2.16. The third-order valence-corrected chi connectivity index (χ3v) is 2.70. The van der Waals surface area contributed by atoms with Crippen molar-refractivity contribution in [1.29, 1.82) is 0 Å². The van der Waals surface area contributed by atoms with Crippen LogP contribution in [0.2, 0.25) is 0 Å². The van der Waals surface area contributed by atoms with Gasteiger partial charge in [-0.1, -0.05) is 30.1 Å². The monoisotopic (exact) mass is 159 g/mol. The van der Waals surface area contributed by atoms with Crippen LogP contribution >= 0.6 is 24.0 Å². The van der Waals surface area contributed by atoms with Crippen molar-refractivity contribution in [3.8, 4) is 0 Å². The van der Waals surface area contributed by atoms with E-state index < -0.39 is 0 Å². The second kappa shape index (κ2) is 3.22. The number of thioether (sulfide) groups is 1. The number of rotatable bonds is 2. The summed E-state index contributed by atoms with van der Waals surface area (Å²) in [5.74, 6) is 1.15. The lowest BCUT2D eigenvalue weighted by Gasteiger charge is -2.12. The SMILES string of the molecule is C=CCN1CCSC1=S. The van der Waals surface area contributed by atoms with Gasteiger partial charge >= 0.3 is 0 Å². The first-order valence-electron chi connectivity index (χ1n) is 2.87. The van der Waals surface area contributed by atoms with Crippen LogP contribution < -0.4 is 0 Å². The van der Waals surface area contributed by atoms with Gasteiger partial charge in [0.2, 0.25) is 0 Å². The highest BCUT2D eigenvalue weighted by molar-refractivity contribution is 8.23. The van der Waals surface area contributed by atoms with E-state index in [9.17, 15) is 0 Å². The Hall–Kier alpha value is -0.0200. The minimum atomic E-state index is 0.909. The molecular formula is C6H9NS2. The summed E-state index contributed by atoms with van der Waals surface area (Å²) in [6.45, 7) is 5.65. The summed E-state index contributed by atoms with van der Waals surface area (Å²) < 4.78 is 1.02. The first kappa shape index (κ1) is 7.09. The summed E-state index contributed by atoms with van der Waals surface area (Å²) in [5.41, 5.74) is 0. The lowest BCUT2D eigenvalue weighted by molar-refractivity contribution is 0.521. The zero-order chi connectivity index (χ0) is 6.69. The second-order valence-corrected chi connectivity index (χ2v) is 3.58. The Bertz CT molecular complexity index is 133. The van der Waals surface area contributed by atoms with Crippen LogP contribution in [0.15, 0.2) is 12.7 Å². The molecule has 1 nitrogen and oxygen atoms in total. The molecule has 0 spiro atoms. The predicted octanol–water partition coefficient (Wildman–Crippen LogP) is 1.51. The van der Waals surface area contributed by atoms with Crippen LogP contribution in [0.1, 0.15) is 0 Å². The van der Waals surface area contributed by atoms with Gasteiger partial charge in [0.05, 0.1) is 0 Å². The van der Waals surface area contributed by atoms with Gasteiger partial charge in [0.25, 0.3) is 0 Å². The van der Waals surface area contributed by atoms with E-state index in [2.05, 4.69) is 11.5 Å². The molecule has 1 saturated heterocycles. The molecule has 0 atom stereocenters. The van der Waals surface area contributed by atoms with Crippen LogP contribution in [0.3, 0.4) is 0 Å². The fourth-order valence-electron chi connectivity index (χ4n) is 0.747. The van der Waals surface area contributed by atoms with E-state index in [1.165, 1.54) is 0 Å². The topological polar surface area (TPSA) is 3.24 Å². The normalized spacial score (nSPS) is 18.7. The third-order valence-electron chi connectivity index (χ3n) is 1.19.